The van der Waals surface area contributed by atoms with Crippen LogP contribution in [-0.2, 0) is 9.53 Å². The predicted octanol–water partition coefficient (Wildman–Crippen LogP) is 3.20. The van der Waals surface area contributed by atoms with E-state index in [1.807, 2.05) is 0 Å². The Morgan fingerprint density at radius 2 is 1.71 bits per heavy atom. The van der Waals surface area contributed by atoms with Gasteiger partial charge >= 0.3 is 0 Å². The van der Waals surface area contributed by atoms with Crippen LogP contribution in [0.5, 0.6) is 0 Å². The zero-order valence-electron chi connectivity index (χ0n) is 10.2. The Hall–Kier alpha value is -0.370. The fraction of sp³-hybridized carbons (Fsp3) is 0.917. The van der Waals surface area contributed by atoms with Gasteiger partial charge < -0.3 is 9.53 Å². The first-order chi connectivity index (χ1) is 6.41. The van der Waals surface area contributed by atoms with Crippen LogP contribution >= 0.6 is 0 Å². The summed E-state index contributed by atoms with van der Waals surface area (Å²) < 4.78 is 5.62. The van der Waals surface area contributed by atoms with Gasteiger partial charge in [0.05, 0.1) is 12.2 Å². The Kier molecular flexibility index (Phi) is 6.81. The lowest BCUT2D eigenvalue weighted by Crippen LogP contribution is -2.15. The van der Waals surface area contributed by atoms with E-state index in [2.05, 4.69) is 27.7 Å². The van der Waals surface area contributed by atoms with E-state index in [9.17, 15) is 4.79 Å². The van der Waals surface area contributed by atoms with Gasteiger partial charge in [-0.2, -0.15) is 0 Å². The molecule has 2 nitrogen and oxygen atoms in total. The maximum absolute atomic E-state index is 10.8. The van der Waals surface area contributed by atoms with Gasteiger partial charge in [-0.15, -0.1) is 0 Å². The molecule has 0 heterocycles. The number of ketones is 1. The third kappa shape index (κ3) is 8.24. The number of Topliss-reactive ketones (excluding diaryl/α,β-unsaturated/α-hetero) is 1. The van der Waals surface area contributed by atoms with Crippen LogP contribution in [0.15, 0.2) is 0 Å². The van der Waals surface area contributed by atoms with Crippen LogP contribution in [0.1, 0.15) is 53.9 Å². The van der Waals surface area contributed by atoms with Crippen molar-refractivity contribution in [2.75, 3.05) is 0 Å². The van der Waals surface area contributed by atoms with E-state index in [0.29, 0.717) is 24.5 Å². The largest absolute Gasteiger partial charge is 0.376 e. The lowest BCUT2D eigenvalue weighted by atomic mass is 9.98. The monoisotopic (exact) mass is 200 g/mol. The van der Waals surface area contributed by atoms with E-state index in [1.165, 1.54) is 0 Å². The molecule has 2 atom stereocenters. The van der Waals surface area contributed by atoms with Crippen molar-refractivity contribution in [3.63, 3.8) is 0 Å². The number of ether oxygens (including phenoxy) is 1. The molecule has 84 valence electrons. The highest BCUT2D eigenvalue weighted by Crippen LogP contribution is 2.14. The van der Waals surface area contributed by atoms with Crippen molar-refractivity contribution < 1.29 is 9.53 Å². The summed E-state index contributed by atoms with van der Waals surface area (Å²) in [6.45, 7) is 9.99. The van der Waals surface area contributed by atoms with Gasteiger partial charge in [0.15, 0.2) is 0 Å². The molecule has 0 saturated heterocycles. The third-order valence-corrected chi connectivity index (χ3v) is 2.21. The summed E-state index contributed by atoms with van der Waals surface area (Å²) in [6.07, 6.45) is 3.44. The van der Waals surface area contributed by atoms with Crippen molar-refractivity contribution >= 4 is 5.78 Å². The smallest absolute Gasteiger partial charge is 0.130 e. The summed E-state index contributed by atoms with van der Waals surface area (Å²) in [5.74, 6) is 0.778. The molecule has 0 saturated carbocycles. The van der Waals surface area contributed by atoms with Crippen LogP contribution in [0, 0.1) is 5.92 Å². The number of carbonyl (C=O) groups is 1. The molecule has 0 aliphatic heterocycles. The van der Waals surface area contributed by atoms with E-state index < -0.39 is 0 Å². The molecule has 0 aliphatic rings. The van der Waals surface area contributed by atoms with Crippen molar-refractivity contribution in [2.45, 2.75) is 66.1 Å². The number of rotatable bonds is 7. The quantitative estimate of drug-likeness (QED) is 0.631. The molecule has 14 heavy (non-hydrogen) atoms. The second-order valence-electron chi connectivity index (χ2n) is 4.58. The summed E-state index contributed by atoms with van der Waals surface area (Å²) in [5, 5.41) is 0. The molecule has 0 bridgehead atoms. The van der Waals surface area contributed by atoms with Gasteiger partial charge in [0.2, 0.25) is 0 Å². The average Bonchev–Trinajstić information content (AvgIpc) is 1.98. The van der Waals surface area contributed by atoms with Gasteiger partial charge in [0, 0.05) is 6.42 Å². The molecule has 0 amide bonds. The Morgan fingerprint density at radius 1 is 1.14 bits per heavy atom. The van der Waals surface area contributed by atoms with Gasteiger partial charge in [0.25, 0.3) is 0 Å². The molecule has 0 aromatic carbocycles. The molecule has 0 radical (unpaired) electrons. The van der Waals surface area contributed by atoms with Gasteiger partial charge in [-0.1, -0.05) is 6.92 Å². The lowest BCUT2D eigenvalue weighted by Gasteiger charge is -2.17. The Labute approximate surface area is 88.0 Å². The molecule has 2 unspecified atom stereocenters. The van der Waals surface area contributed by atoms with Crippen molar-refractivity contribution in [1.82, 2.24) is 0 Å². The first-order valence-corrected chi connectivity index (χ1v) is 5.56. The Bertz CT molecular complexity index is 164. The van der Waals surface area contributed by atoms with E-state index >= 15 is 0 Å². The molecule has 0 rings (SSSR count). The second-order valence-corrected chi connectivity index (χ2v) is 4.58. The molecule has 0 spiro atoms. The minimum absolute atomic E-state index is 0.287. The van der Waals surface area contributed by atoms with E-state index in [1.54, 1.807) is 6.92 Å². The van der Waals surface area contributed by atoms with Gasteiger partial charge in [-0.3, -0.25) is 0 Å². The van der Waals surface area contributed by atoms with Crippen LogP contribution in [-0.4, -0.2) is 18.0 Å². The zero-order chi connectivity index (χ0) is 11.1. The van der Waals surface area contributed by atoms with Crippen LogP contribution in [0.25, 0.3) is 0 Å². The molecule has 0 aliphatic carbocycles. The lowest BCUT2D eigenvalue weighted by molar-refractivity contribution is -0.117. The number of hydrogen-bond acceptors (Lipinski definition) is 2. The molecule has 2 heteroatoms. The fourth-order valence-electron chi connectivity index (χ4n) is 1.64. The third-order valence-electron chi connectivity index (χ3n) is 2.21. The van der Waals surface area contributed by atoms with Crippen LogP contribution in [0.3, 0.4) is 0 Å². The standard InChI is InChI=1S/C12H24O2/c1-9(2)14-12(5)7-6-10(3)8-11(4)13/h9-10,12H,6-8H2,1-5H3. The molecular weight excluding hydrogens is 176 g/mol. The Balaban J connectivity index is 3.55. The topological polar surface area (TPSA) is 26.3 Å². The van der Waals surface area contributed by atoms with Crippen molar-refractivity contribution in [3.05, 3.63) is 0 Å². The maximum atomic E-state index is 10.8. The van der Waals surface area contributed by atoms with Gasteiger partial charge in [0.1, 0.15) is 5.78 Å². The van der Waals surface area contributed by atoms with Crippen molar-refractivity contribution in [1.29, 1.82) is 0 Å². The summed E-state index contributed by atoms with van der Waals surface area (Å²) in [7, 11) is 0. The van der Waals surface area contributed by atoms with Crippen LogP contribution < -0.4 is 0 Å². The minimum Gasteiger partial charge on any atom is -0.376 e. The summed E-state index contributed by atoms with van der Waals surface area (Å²) in [6, 6.07) is 0. The van der Waals surface area contributed by atoms with E-state index in [0.717, 1.165) is 12.8 Å². The molecule has 0 aromatic rings. The van der Waals surface area contributed by atoms with Crippen LogP contribution in [0.4, 0.5) is 0 Å². The minimum atomic E-state index is 0.287. The van der Waals surface area contributed by atoms with Crippen LogP contribution in [0.2, 0.25) is 0 Å². The normalized spacial score (nSPS) is 15.6. The highest BCUT2D eigenvalue weighted by molar-refractivity contribution is 5.75. The van der Waals surface area contributed by atoms with Crippen molar-refractivity contribution in [2.24, 2.45) is 5.92 Å². The van der Waals surface area contributed by atoms with Gasteiger partial charge in [-0.25, -0.2) is 0 Å². The van der Waals surface area contributed by atoms with Crippen molar-refractivity contribution in [3.8, 4) is 0 Å². The molecule has 0 N–H and O–H groups in total. The average molecular weight is 200 g/mol. The SMILES string of the molecule is CC(=O)CC(C)CCC(C)OC(C)C. The maximum Gasteiger partial charge on any atom is 0.130 e. The second kappa shape index (κ2) is 6.99. The highest BCUT2D eigenvalue weighted by atomic mass is 16.5. The molecular formula is C12H24O2. The highest BCUT2D eigenvalue weighted by Gasteiger charge is 2.09. The first-order valence-electron chi connectivity index (χ1n) is 5.56. The zero-order valence-corrected chi connectivity index (χ0v) is 10.2. The number of hydrogen-bond donors (Lipinski definition) is 0. The number of carbonyl (C=O) groups excluding carboxylic acids is 1. The fourth-order valence-corrected chi connectivity index (χ4v) is 1.64. The summed E-state index contributed by atoms with van der Waals surface area (Å²) in [4.78, 5) is 10.8. The molecule has 0 aromatic heterocycles. The van der Waals surface area contributed by atoms with E-state index in [-0.39, 0.29) is 5.78 Å². The van der Waals surface area contributed by atoms with Gasteiger partial charge in [-0.05, 0) is 46.5 Å². The molecule has 0 fully saturated rings. The predicted molar refractivity (Wildman–Crippen MR) is 59.4 cm³/mol. The summed E-state index contributed by atoms with van der Waals surface area (Å²) >= 11 is 0. The first kappa shape index (κ1) is 13.6. The Morgan fingerprint density at radius 3 is 2.14 bits per heavy atom. The summed E-state index contributed by atoms with van der Waals surface area (Å²) in [5.41, 5.74) is 0. The van der Waals surface area contributed by atoms with E-state index in [4.69, 9.17) is 4.74 Å².